The van der Waals surface area contributed by atoms with Crippen molar-refractivity contribution in [3.63, 3.8) is 0 Å². The third-order valence-corrected chi connectivity index (χ3v) is 2.95. The summed E-state index contributed by atoms with van der Waals surface area (Å²) in [6.07, 6.45) is 2.90. The summed E-state index contributed by atoms with van der Waals surface area (Å²) in [6, 6.07) is 6.80. The Morgan fingerprint density at radius 2 is 1.96 bits per heavy atom. The number of terminal acetylenes is 1. The van der Waals surface area contributed by atoms with E-state index in [1.807, 2.05) is 0 Å². The number of carbonyl (C=O) groups excluding carboxylic acids is 1. The molecule has 0 atom stereocenters. The molecule has 7 heteroatoms. The van der Waals surface area contributed by atoms with E-state index in [0.29, 0.717) is 24.1 Å². The average molecular weight is 322 g/mol. The summed E-state index contributed by atoms with van der Waals surface area (Å²) < 4.78 is 43.6. The van der Waals surface area contributed by atoms with Gasteiger partial charge in [-0.15, -0.1) is 12.3 Å². The van der Waals surface area contributed by atoms with Crippen LogP contribution in [0.2, 0.25) is 0 Å². The van der Waals surface area contributed by atoms with Gasteiger partial charge in [0.1, 0.15) is 0 Å². The second-order valence-electron chi connectivity index (χ2n) is 4.63. The molecule has 0 spiro atoms. The van der Waals surface area contributed by atoms with Crippen molar-refractivity contribution in [3.05, 3.63) is 47.8 Å². The molecule has 1 heterocycles. The SMILES string of the molecule is C#CCCCOC(=O)c1ccc(-n2ccc(C(F)(F)F)n2)cc1. The van der Waals surface area contributed by atoms with Gasteiger partial charge in [-0.1, -0.05) is 0 Å². The van der Waals surface area contributed by atoms with E-state index >= 15 is 0 Å². The van der Waals surface area contributed by atoms with E-state index in [4.69, 9.17) is 11.2 Å². The molecule has 0 saturated heterocycles. The lowest BCUT2D eigenvalue weighted by Gasteiger charge is -2.06. The number of unbranched alkanes of at least 4 members (excludes halogenated alkanes) is 1. The van der Waals surface area contributed by atoms with E-state index in [2.05, 4.69) is 11.0 Å². The first-order valence-corrected chi connectivity index (χ1v) is 6.75. The van der Waals surface area contributed by atoms with Crippen LogP contribution in [0.15, 0.2) is 36.5 Å². The standard InChI is InChI=1S/C16H13F3N2O2/c1-2-3-4-11-23-15(22)12-5-7-13(8-6-12)21-10-9-14(20-21)16(17,18)19/h1,5-10H,3-4,11H2. The molecule has 2 aromatic rings. The highest BCUT2D eigenvalue weighted by molar-refractivity contribution is 5.89. The lowest BCUT2D eigenvalue weighted by atomic mass is 10.2. The zero-order valence-electron chi connectivity index (χ0n) is 12.0. The van der Waals surface area contributed by atoms with E-state index in [1.165, 1.54) is 30.5 Å². The van der Waals surface area contributed by atoms with Crippen molar-refractivity contribution in [2.45, 2.75) is 19.0 Å². The van der Waals surface area contributed by atoms with Gasteiger partial charge in [-0.3, -0.25) is 0 Å². The van der Waals surface area contributed by atoms with Gasteiger partial charge in [0.15, 0.2) is 5.69 Å². The molecular weight excluding hydrogens is 309 g/mol. The van der Waals surface area contributed by atoms with Crippen molar-refractivity contribution in [2.24, 2.45) is 0 Å². The van der Waals surface area contributed by atoms with E-state index < -0.39 is 17.8 Å². The summed E-state index contributed by atoms with van der Waals surface area (Å²) in [5, 5.41) is 3.45. The molecule has 0 radical (unpaired) electrons. The van der Waals surface area contributed by atoms with Crippen LogP contribution in [-0.4, -0.2) is 22.4 Å². The molecule has 0 N–H and O–H groups in total. The van der Waals surface area contributed by atoms with Crippen molar-refractivity contribution >= 4 is 5.97 Å². The Morgan fingerprint density at radius 1 is 1.26 bits per heavy atom. The van der Waals surface area contributed by atoms with Gasteiger partial charge < -0.3 is 4.74 Å². The van der Waals surface area contributed by atoms with Gasteiger partial charge in [0.25, 0.3) is 0 Å². The number of aromatic nitrogens is 2. The highest BCUT2D eigenvalue weighted by atomic mass is 19.4. The topological polar surface area (TPSA) is 44.1 Å². The molecule has 0 amide bonds. The number of hydrogen-bond acceptors (Lipinski definition) is 3. The van der Waals surface area contributed by atoms with Crippen LogP contribution >= 0.6 is 0 Å². The van der Waals surface area contributed by atoms with Crippen LogP contribution < -0.4 is 0 Å². The molecule has 23 heavy (non-hydrogen) atoms. The van der Waals surface area contributed by atoms with Gasteiger partial charge in [0.05, 0.1) is 17.9 Å². The molecule has 0 aliphatic heterocycles. The number of alkyl halides is 3. The molecule has 120 valence electrons. The van der Waals surface area contributed by atoms with Gasteiger partial charge >= 0.3 is 12.1 Å². The molecule has 0 aliphatic rings. The molecule has 0 saturated carbocycles. The number of esters is 1. The minimum Gasteiger partial charge on any atom is -0.462 e. The highest BCUT2D eigenvalue weighted by Crippen LogP contribution is 2.27. The molecule has 1 aromatic carbocycles. The highest BCUT2D eigenvalue weighted by Gasteiger charge is 2.33. The van der Waals surface area contributed by atoms with Crippen molar-refractivity contribution in [3.8, 4) is 18.0 Å². The number of ether oxygens (including phenoxy) is 1. The molecule has 0 aliphatic carbocycles. The largest absolute Gasteiger partial charge is 0.462 e. The first-order valence-electron chi connectivity index (χ1n) is 6.75. The molecule has 0 fully saturated rings. The number of halogens is 3. The summed E-state index contributed by atoms with van der Waals surface area (Å²) in [5.74, 6) is 1.93. The minimum absolute atomic E-state index is 0.221. The Kier molecular flexibility index (Phi) is 5.06. The first kappa shape index (κ1) is 16.6. The second kappa shape index (κ2) is 7.01. The Balaban J connectivity index is 2.03. The van der Waals surface area contributed by atoms with E-state index in [0.717, 1.165) is 10.7 Å². The fraction of sp³-hybridized carbons (Fsp3) is 0.250. The van der Waals surface area contributed by atoms with Crippen molar-refractivity contribution in [1.29, 1.82) is 0 Å². The summed E-state index contributed by atoms with van der Waals surface area (Å²) in [6.45, 7) is 0.221. The smallest absolute Gasteiger partial charge is 0.435 e. The second-order valence-corrected chi connectivity index (χ2v) is 4.63. The fourth-order valence-electron chi connectivity index (χ4n) is 1.79. The van der Waals surface area contributed by atoms with Crippen LogP contribution in [0.25, 0.3) is 5.69 Å². The summed E-state index contributed by atoms with van der Waals surface area (Å²) >= 11 is 0. The third kappa shape index (κ3) is 4.36. The van der Waals surface area contributed by atoms with E-state index in [1.54, 1.807) is 0 Å². The zero-order chi connectivity index (χ0) is 16.9. The average Bonchev–Trinajstić information content (AvgIpc) is 3.02. The van der Waals surface area contributed by atoms with Gasteiger partial charge in [0.2, 0.25) is 0 Å². The van der Waals surface area contributed by atoms with Gasteiger partial charge in [-0.25, -0.2) is 9.48 Å². The van der Waals surface area contributed by atoms with Crippen LogP contribution in [-0.2, 0) is 10.9 Å². The van der Waals surface area contributed by atoms with Crippen LogP contribution in [0.1, 0.15) is 28.9 Å². The van der Waals surface area contributed by atoms with Crippen molar-refractivity contribution < 1.29 is 22.7 Å². The third-order valence-electron chi connectivity index (χ3n) is 2.95. The molecule has 0 unspecified atom stereocenters. The Labute approximate surface area is 130 Å². The predicted molar refractivity (Wildman–Crippen MR) is 76.9 cm³/mol. The van der Waals surface area contributed by atoms with E-state index in [-0.39, 0.29) is 6.61 Å². The molecule has 4 nitrogen and oxygen atoms in total. The van der Waals surface area contributed by atoms with E-state index in [9.17, 15) is 18.0 Å². The fourth-order valence-corrected chi connectivity index (χ4v) is 1.79. The Hall–Kier alpha value is -2.75. The Bertz CT molecular complexity index is 712. The molecular formula is C16H13F3N2O2. The Morgan fingerprint density at radius 3 is 2.52 bits per heavy atom. The van der Waals surface area contributed by atoms with Crippen molar-refractivity contribution in [2.75, 3.05) is 6.61 Å². The lowest BCUT2D eigenvalue weighted by Crippen LogP contribution is -2.08. The van der Waals surface area contributed by atoms with Crippen LogP contribution in [0, 0.1) is 12.3 Å². The number of benzene rings is 1. The number of nitrogens with zero attached hydrogens (tertiary/aromatic N) is 2. The van der Waals surface area contributed by atoms with Crippen molar-refractivity contribution in [1.82, 2.24) is 9.78 Å². The summed E-state index contributed by atoms with van der Waals surface area (Å²) in [4.78, 5) is 11.7. The minimum atomic E-state index is -4.49. The molecule has 1 aromatic heterocycles. The summed E-state index contributed by atoms with van der Waals surface area (Å²) in [7, 11) is 0. The maximum Gasteiger partial charge on any atom is 0.435 e. The maximum atomic E-state index is 12.5. The van der Waals surface area contributed by atoms with Gasteiger partial charge in [-0.2, -0.15) is 18.3 Å². The predicted octanol–water partition coefficient (Wildman–Crippen LogP) is 3.46. The van der Waals surface area contributed by atoms with Gasteiger partial charge in [0, 0.05) is 12.6 Å². The normalized spacial score (nSPS) is 11.0. The number of rotatable bonds is 5. The molecule has 2 rings (SSSR count). The first-order chi connectivity index (χ1) is 10.9. The zero-order valence-corrected chi connectivity index (χ0v) is 12.0. The van der Waals surface area contributed by atoms with Crippen LogP contribution in [0.4, 0.5) is 13.2 Å². The van der Waals surface area contributed by atoms with Crippen LogP contribution in [0.3, 0.4) is 0 Å². The number of carbonyl (C=O) groups is 1. The number of hydrogen-bond donors (Lipinski definition) is 0. The quantitative estimate of drug-likeness (QED) is 0.481. The lowest BCUT2D eigenvalue weighted by molar-refractivity contribution is -0.141. The van der Waals surface area contributed by atoms with Crippen LogP contribution in [0.5, 0.6) is 0 Å². The maximum absolute atomic E-state index is 12.5. The monoisotopic (exact) mass is 322 g/mol. The van der Waals surface area contributed by atoms with Gasteiger partial charge in [-0.05, 0) is 36.8 Å². The molecule has 0 bridgehead atoms. The summed E-state index contributed by atoms with van der Waals surface area (Å²) in [5.41, 5.74) is -0.267.